The van der Waals surface area contributed by atoms with Crippen LogP contribution in [0.1, 0.15) is 53.4 Å². The molecule has 3 heteroatoms. The van der Waals surface area contributed by atoms with Gasteiger partial charge < -0.3 is 10.2 Å². The lowest BCUT2D eigenvalue weighted by molar-refractivity contribution is 0.0796. The van der Waals surface area contributed by atoms with Crippen molar-refractivity contribution in [3.8, 4) is 0 Å². The highest BCUT2D eigenvalue weighted by Crippen LogP contribution is 2.40. The molecule has 0 amide bonds. The molecule has 1 aliphatic heterocycles. The zero-order chi connectivity index (χ0) is 14.6. The van der Waals surface area contributed by atoms with Crippen LogP contribution in [0.15, 0.2) is 0 Å². The molecule has 0 aromatic heterocycles. The molecule has 2 rings (SSSR count). The lowest BCUT2D eigenvalue weighted by Crippen LogP contribution is -2.50. The highest BCUT2D eigenvalue weighted by molar-refractivity contribution is 8.00. The summed E-state index contributed by atoms with van der Waals surface area (Å²) < 4.78 is 0. The maximum atomic E-state index is 3.66. The second-order valence-corrected chi connectivity index (χ2v) is 9.31. The minimum absolute atomic E-state index is 0.537. The van der Waals surface area contributed by atoms with Gasteiger partial charge in [0, 0.05) is 36.7 Å². The van der Waals surface area contributed by atoms with Crippen molar-refractivity contribution in [1.82, 2.24) is 10.2 Å². The first-order valence-electron chi connectivity index (χ1n) is 8.61. The molecule has 4 atom stereocenters. The number of rotatable bonds is 5. The molecule has 1 saturated carbocycles. The van der Waals surface area contributed by atoms with Crippen LogP contribution < -0.4 is 5.32 Å². The summed E-state index contributed by atoms with van der Waals surface area (Å²) in [5, 5.41) is 5.26. The van der Waals surface area contributed by atoms with Gasteiger partial charge in [-0.05, 0) is 30.7 Å². The van der Waals surface area contributed by atoms with E-state index in [1.165, 1.54) is 51.9 Å². The van der Waals surface area contributed by atoms with Gasteiger partial charge in [0.1, 0.15) is 0 Å². The molecular formula is C17H34N2S. The molecule has 0 aromatic carbocycles. The summed E-state index contributed by atoms with van der Waals surface area (Å²) in [5.41, 5.74) is 0.537. The van der Waals surface area contributed by atoms with Crippen molar-refractivity contribution in [2.45, 2.75) is 63.9 Å². The van der Waals surface area contributed by atoms with Crippen LogP contribution in [0, 0.1) is 11.3 Å². The van der Waals surface area contributed by atoms with Gasteiger partial charge in [-0.2, -0.15) is 11.8 Å². The van der Waals surface area contributed by atoms with Gasteiger partial charge in [-0.15, -0.1) is 0 Å². The Bertz CT molecular complexity index is 287. The van der Waals surface area contributed by atoms with E-state index in [4.69, 9.17) is 0 Å². The van der Waals surface area contributed by atoms with E-state index in [2.05, 4.69) is 49.7 Å². The summed E-state index contributed by atoms with van der Waals surface area (Å²) in [6, 6.07) is 0. The highest BCUT2D eigenvalue weighted by Gasteiger charge is 2.37. The fourth-order valence-corrected chi connectivity index (χ4v) is 5.79. The van der Waals surface area contributed by atoms with Crippen LogP contribution in [-0.2, 0) is 0 Å². The van der Waals surface area contributed by atoms with Gasteiger partial charge in [0.25, 0.3) is 0 Å². The van der Waals surface area contributed by atoms with E-state index in [0.717, 1.165) is 23.0 Å². The molecule has 0 radical (unpaired) electrons. The van der Waals surface area contributed by atoms with Crippen molar-refractivity contribution in [2.24, 2.45) is 11.3 Å². The number of nitrogens with one attached hydrogen (secondary N) is 1. The Kier molecular flexibility index (Phi) is 6.25. The average Bonchev–Trinajstić information content (AvgIpc) is 2.35. The molecule has 4 unspecified atom stereocenters. The topological polar surface area (TPSA) is 15.3 Å². The number of thioether (sulfide) groups is 1. The number of hydrogen-bond acceptors (Lipinski definition) is 3. The molecule has 2 fully saturated rings. The second-order valence-electron chi connectivity index (χ2n) is 7.43. The van der Waals surface area contributed by atoms with E-state index in [-0.39, 0.29) is 0 Å². The predicted molar refractivity (Wildman–Crippen MR) is 91.6 cm³/mol. The Morgan fingerprint density at radius 2 is 1.90 bits per heavy atom. The van der Waals surface area contributed by atoms with Crippen molar-refractivity contribution in [2.75, 3.05) is 32.7 Å². The van der Waals surface area contributed by atoms with Crippen molar-refractivity contribution in [3.05, 3.63) is 0 Å². The summed E-state index contributed by atoms with van der Waals surface area (Å²) in [6.07, 6.45) is 5.72. The van der Waals surface area contributed by atoms with E-state index in [0.29, 0.717) is 5.41 Å². The number of nitrogens with zero attached hydrogens (tertiary/aromatic N) is 1. The Morgan fingerprint density at radius 3 is 2.50 bits per heavy atom. The van der Waals surface area contributed by atoms with Gasteiger partial charge in [-0.25, -0.2) is 0 Å². The van der Waals surface area contributed by atoms with Crippen LogP contribution in [0.4, 0.5) is 0 Å². The van der Waals surface area contributed by atoms with Crippen LogP contribution >= 0.6 is 11.8 Å². The normalized spacial score (nSPS) is 39.9. The quantitative estimate of drug-likeness (QED) is 0.834. The fraction of sp³-hybridized carbons (Fsp3) is 1.00. The number of hydrogen-bond donors (Lipinski definition) is 1. The van der Waals surface area contributed by atoms with Gasteiger partial charge in [0.05, 0.1) is 0 Å². The van der Waals surface area contributed by atoms with Gasteiger partial charge in [-0.1, -0.05) is 40.5 Å². The molecular weight excluding hydrogens is 264 g/mol. The fourth-order valence-electron chi connectivity index (χ4n) is 4.41. The summed E-state index contributed by atoms with van der Waals surface area (Å²) in [7, 11) is 0. The Labute approximate surface area is 130 Å². The Hall–Kier alpha value is 0.270. The summed E-state index contributed by atoms with van der Waals surface area (Å²) >= 11 is 2.17. The maximum Gasteiger partial charge on any atom is 0.0149 e. The monoisotopic (exact) mass is 298 g/mol. The standard InChI is InChI=1S/C17H34N2S/c1-5-18-12-17(8-6-7-14(2)9-17)13-19-10-15(3)20-16(4)11-19/h14-16,18H,5-13H2,1-4H3. The first-order valence-corrected chi connectivity index (χ1v) is 9.56. The van der Waals surface area contributed by atoms with Gasteiger partial charge >= 0.3 is 0 Å². The van der Waals surface area contributed by atoms with E-state index >= 15 is 0 Å². The molecule has 2 aliphatic rings. The van der Waals surface area contributed by atoms with Crippen molar-refractivity contribution < 1.29 is 0 Å². The second kappa shape index (κ2) is 7.51. The third-order valence-corrected chi connectivity index (χ3v) is 6.22. The molecule has 1 saturated heterocycles. The van der Waals surface area contributed by atoms with Gasteiger partial charge in [0.2, 0.25) is 0 Å². The molecule has 1 N–H and O–H groups in total. The van der Waals surface area contributed by atoms with Gasteiger partial charge in [0.15, 0.2) is 0 Å². The van der Waals surface area contributed by atoms with Crippen LogP contribution in [0.2, 0.25) is 0 Å². The minimum Gasteiger partial charge on any atom is -0.316 e. The van der Waals surface area contributed by atoms with Crippen molar-refractivity contribution in [3.63, 3.8) is 0 Å². The van der Waals surface area contributed by atoms with E-state index in [1.54, 1.807) is 0 Å². The van der Waals surface area contributed by atoms with E-state index in [1.807, 2.05) is 0 Å². The lowest BCUT2D eigenvalue weighted by atomic mass is 9.69. The molecule has 1 aliphatic carbocycles. The van der Waals surface area contributed by atoms with Crippen LogP contribution in [-0.4, -0.2) is 48.1 Å². The molecule has 1 heterocycles. The zero-order valence-corrected chi connectivity index (χ0v) is 14.8. The largest absolute Gasteiger partial charge is 0.316 e. The minimum atomic E-state index is 0.537. The van der Waals surface area contributed by atoms with Crippen molar-refractivity contribution >= 4 is 11.8 Å². The Balaban J connectivity index is 1.99. The lowest BCUT2D eigenvalue weighted by Gasteiger charge is -2.46. The third kappa shape index (κ3) is 4.64. The molecule has 0 bridgehead atoms. The first-order chi connectivity index (χ1) is 9.53. The predicted octanol–water partition coefficient (Wildman–Crippen LogP) is 3.62. The summed E-state index contributed by atoms with van der Waals surface area (Å²) in [5.74, 6) is 0.913. The molecule has 0 spiro atoms. The zero-order valence-electron chi connectivity index (χ0n) is 14.0. The van der Waals surface area contributed by atoms with Crippen molar-refractivity contribution in [1.29, 1.82) is 0 Å². The SMILES string of the molecule is CCNCC1(CN2CC(C)SC(C)C2)CCCC(C)C1. The van der Waals surface area contributed by atoms with E-state index < -0.39 is 0 Å². The Morgan fingerprint density at radius 1 is 1.20 bits per heavy atom. The van der Waals surface area contributed by atoms with E-state index in [9.17, 15) is 0 Å². The third-order valence-electron chi connectivity index (χ3n) is 4.99. The molecule has 118 valence electrons. The highest BCUT2D eigenvalue weighted by atomic mass is 32.2. The first kappa shape index (κ1) is 16.6. The van der Waals surface area contributed by atoms with Gasteiger partial charge in [-0.3, -0.25) is 0 Å². The summed E-state index contributed by atoms with van der Waals surface area (Å²) in [6.45, 7) is 15.7. The molecule has 2 nitrogen and oxygen atoms in total. The smallest absolute Gasteiger partial charge is 0.0149 e. The van der Waals surface area contributed by atoms with Crippen LogP contribution in [0.5, 0.6) is 0 Å². The average molecular weight is 299 g/mol. The molecule has 20 heavy (non-hydrogen) atoms. The van der Waals surface area contributed by atoms with Crippen LogP contribution in [0.25, 0.3) is 0 Å². The molecule has 0 aromatic rings. The van der Waals surface area contributed by atoms with Crippen LogP contribution in [0.3, 0.4) is 0 Å². The summed E-state index contributed by atoms with van der Waals surface area (Å²) in [4.78, 5) is 2.77. The maximum absolute atomic E-state index is 3.66.